The number of benzene rings is 1. The first-order valence-electron chi connectivity index (χ1n) is 2.97. The second kappa shape index (κ2) is 2.88. The minimum absolute atomic E-state index is 0.630. The zero-order valence-corrected chi connectivity index (χ0v) is 5.70. The monoisotopic (exact) mass is 131 g/mol. The highest BCUT2D eigenvalue weighted by molar-refractivity contribution is 5.51. The molecule has 1 aromatic carbocycles. The molecule has 0 atom stereocenters. The van der Waals surface area contributed by atoms with Gasteiger partial charge in [-0.15, -0.1) is 0 Å². The van der Waals surface area contributed by atoms with E-state index in [1.807, 2.05) is 18.2 Å². The van der Waals surface area contributed by atoms with Gasteiger partial charge in [0, 0.05) is 7.05 Å². The van der Waals surface area contributed by atoms with Crippen LogP contribution in [0.25, 0.3) is 0 Å². The van der Waals surface area contributed by atoms with Crippen LogP contribution in [0.5, 0.6) is 0 Å². The van der Waals surface area contributed by atoms with Gasteiger partial charge in [-0.05, 0) is 12.1 Å². The average Bonchev–Trinajstić information content (AvgIpc) is 2.04. The number of rotatable bonds is 1. The van der Waals surface area contributed by atoms with Crippen molar-refractivity contribution in [3.05, 3.63) is 29.8 Å². The Kier molecular flexibility index (Phi) is 1.91. The molecule has 1 radical (unpaired) electrons. The fourth-order valence-electron chi connectivity index (χ4n) is 0.763. The summed E-state index contributed by atoms with van der Waals surface area (Å²) in [5.41, 5.74) is 1.38. The number of para-hydroxylation sites is 1. The summed E-state index contributed by atoms with van der Waals surface area (Å²) in [5, 5.41) is 12.5. The summed E-state index contributed by atoms with van der Waals surface area (Å²) in [5.74, 6) is 0. The Morgan fingerprint density at radius 2 is 2.10 bits per heavy atom. The molecule has 0 bridgehead atoms. The molecule has 0 amide bonds. The third-order valence-corrected chi connectivity index (χ3v) is 1.27. The Morgan fingerprint density at radius 3 is 2.60 bits per heavy atom. The third kappa shape index (κ3) is 1.08. The van der Waals surface area contributed by atoms with Crippen LogP contribution in [0.15, 0.2) is 24.3 Å². The Hall–Kier alpha value is -1.49. The standard InChI is InChI=1S/C8H7N2/c1-10-8-5-3-2-4-7(8)6-9/h2-5H,1H3. The Bertz CT molecular complexity index is 260. The molecule has 0 spiro atoms. The van der Waals surface area contributed by atoms with E-state index in [0.717, 1.165) is 5.69 Å². The summed E-state index contributed by atoms with van der Waals surface area (Å²) < 4.78 is 0. The highest BCUT2D eigenvalue weighted by Gasteiger charge is 1.95. The van der Waals surface area contributed by atoms with Gasteiger partial charge in [-0.3, -0.25) is 5.32 Å². The van der Waals surface area contributed by atoms with Gasteiger partial charge in [-0.25, -0.2) is 0 Å². The first kappa shape index (κ1) is 6.63. The van der Waals surface area contributed by atoms with Gasteiger partial charge < -0.3 is 0 Å². The third-order valence-electron chi connectivity index (χ3n) is 1.27. The molecule has 10 heavy (non-hydrogen) atoms. The van der Waals surface area contributed by atoms with E-state index >= 15 is 0 Å². The first-order chi connectivity index (χ1) is 4.88. The predicted octanol–water partition coefficient (Wildman–Crippen LogP) is 1.42. The highest BCUT2D eigenvalue weighted by Crippen LogP contribution is 2.11. The number of nitriles is 1. The molecule has 1 rings (SSSR count). The van der Waals surface area contributed by atoms with Crippen LogP contribution in [0.1, 0.15) is 5.56 Å². The van der Waals surface area contributed by atoms with Crippen LogP contribution < -0.4 is 5.32 Å². The molecule has 1 aromatic rings. The summed E-state index contributed by atoms with van der Waals surface area (Å²) in [7, 11) is 1.68. The summed E-state index contributed by atoms with van der Waals surface area (Å²) in [6.07, 6.45) is 0. The van der Waals surface area contributed by atoms with Gasteiger partial charge in [0.1, 0.15) is 6.07 Å². The Morgan fingerprint density at radius 1 is 1.40 bits per heavy atom. The van der Waals surface area contributed by atoms with Crippen LogP contribution in [-0.4, -0.2) is 7.05 Å². The quantitative estimate of drug-likeness (QED) is 0.568. The molecule has 0 heterocycles. The molecule has 0 aliphatic rings. The normalized spacial score (nSPS) is 8.40. The van der Waals surface area contributed by atoms with E-state index in [2.05, 4.69) is 11.4 Å². The van der Waals surface area contributed by atoms with Crippen molar-refractivity contribution in [2.24, 2.45) is 0 Å². The number of hydrogen-bond donors (Lipinski definition) is 0. The molecule has 0 saturated carbocycles. The minimum atomic E-state index is 0.630. The second-order valence-electron chi connectivity index (χ2n) is 1.85. The average molecular weight is 131 g/mol. The second-order valence-corrected chi connectivity index (χ2v) is 1.85. The summed E-state index contributed by atoms with van der Waals surface area (Å²) in [6.45, 7) is 0. The van der Waals surface area contributed by atoms with Crippen molar-refractivity contribution in [2.45, 2.75) is 0 Å². The van der Waals surface area contributed by atoms with Crippen molar-refractivity contribution < 1.29 is 0 Å². The van der Waals surface area contributed by atoms with Crippen LogP contribution in [0.3, 0.4) is 0 Å². The largest absolute Gasteiger partial charge is 0.287 e. The van der Waals surface area contributed by atoms with Gasteiger partial charge in [0.25, 0.3) is 0 Å². The van der Waals surface area contributed by atoms with Gasteiger partial charge >= 0.3 is 0 Å². The SMILES string of the molecule is C[N]c1ccccc1C#N. The lowest BCUT2D eigenvalue weighted by atomic mass is 10.2. The zero-order chi connectivity index (χ0) is 7.40. The van der Waals surface area contributed by atoms with Gasteiger partial charge in [0.05, 0.1) is 11.3 Å². The van der Waals surface area contributed by atoms with Crippen molar-refractivity contribution in [1.82, 2.24) is 5.32 Å². The zero-order valence-electron chi connectivity index (χ0n) is 5.70. The maximum absolute atomic E-state index is 8.54. The molecule has 0 aliphatic heterocycles. The first-order valence-corrected chi connectivity index (χ1v) is 2.97. The maximum atomic E-state index is 8.54. The molecule has 0 fully saturated rings. The Balaban J connectivity index is 3.12. The van der Waals surface area contributed by atoms with Gasteiger partial charge in [-0.2, -0.15) is 5.26 Å². The van der Waals surface area contributed by atoms with Crippen molar-refractivity contribution in [3.8, 4) is 6.07 Å². The van der Waals surface area contributed by atoms with Crippen LogP contribution in [0, 0.1) is 11.3 Å². The van der Waals surface area contributed by atoms with Crippen LogP contribution in [0.2, 0.25) is 0 Å². The summed E-state index contributed by atoms with van der Waals surface area (Å²) in [4.78, 5) is 0. The van der Waals surface area contributed by atoms with Crippen molar-refractivity contribution >= 4 is 5.69 Å². The Labute approximate surface area is 60.1 Å². The molecule has 0 saturated heterocycles. The van der Waals surface area contributed by atoms with Crippen molar-refractivity contribution in [3.63, 3.8) is 0 Å². The molecule has 2 heteroatoms. The van der Waals surface area contributed by atoms with Crippen LogP contribution in [0.4, 0.5) is 5.69 Å². The lowest BCUT2D eigenvalue weighted by molar-refractivity contribution is 1.08. The molecular formula is C8H7N2. The topological polar surface area (TPSA) is 37.9 Å². The van der Waals surface area contributed by atoms with Gasteiger partial charge in [0.15, 0.2) is 0 Å². The number of nitrogens with zero attached hydrogens (tertiary/aromatic N) is 2. The molecule has 49 valence electrons. The lowest BCUT2D eigenvalue weighted by Crippen LogP contribution is -1.88. The minimum Gasteiger partial charge on any atom is -0.287 e. The number of hydrogen-bond acceptors (Lipinski definition) is 1. The van der Waals surface area contributed by atoms with E-state index < -0.39 is 0 Å². The summed E-state index contributed by atoms with van der Waals surface area (Å²) in [6, 6.07) is 9.31. The van der Waals surface area contributed by atoms with E-state index in [1.165, 1.54) is 0 Å². The molecule has 0 aliphatic carbocycles. The lowest BCUT2D eigenvalue weighted by Gasteiger charge is -1.96. The van der Waals surface area contributed by atoms with Crippen molar-refractivity contribution in [1.29, 1.82) is 5.26 Å². The van der Waals surface area contributed by atoms with Crippen LogP contribution >= 0.6 is 0 Å². The molecule has 2 nitrogen and oxygen atoms in total. The highest BCUT2D eigenvalue weighted by atomic mass is 14.8. The maximum Gasteiger partial charge on any atom is 0.101 e. The fourth-order valence-corrected chi connectivity index (χ4v) is 0.763. The van der Waals surface area contributed by atoms with E-state index in [0.29, 0.717) is 5.56 Å². The van der Waals surface area contributed by atoms with E-state index in [-0.39, 0.29) is 0 Å². The smallest absolute Gasteiger partial charge is 0.101 e. The van der Waals surface area contributed by atoms with Crippen molar-refractivity contribution in [2.75, 3.05) is 7.05 Å². The van der Waals surface area contributed by atoms with Gasteiger partial charge in [-0.1, -0.05) is 12.1 Å². The van der Waals surface area contributed by atoms with Crippen LogP contribution in [-0.2, 0) is 0 Å². The molecule has 0 N–H and O–H groups in total. The fraction of sp³-hybridized carbons (Fsp3) is 0.125. The summed E-state index contributed by atoms with van der Waals surface area (Å²) >= 11 is 0. The molecular weight excluding hydrogens is 124 g/mol. The van der Waals surface area contributed by atoms with Gasteiger partial charge in [0.2, 0.25) is 0 Å². The molecule has 0 unspecified atom stereocenters. The molecule has 0 aromatic heterocycles. The predicted molar refractivity (Wildman–Crippen MR) is 38.9 cm³/mol. The van der Waals surface area contributed by atoms with E-state index in [1.54, 1.807) is 13.1 Å². The van der Waals surface area contributed by atoms with E-state index in [9.17, 15) is 0 Å². The van der Waals surface area contributed by atoms with E-state index in [4.69, 9.17) is 5.26 Å².